The normalized spacial score (nSPS) is 13.5. The van der Waals surface area contributed by atoms with E-state index in [2.05, 4.69) is 20.5 Å². The Morgan fingerprint density at radius 2 is 1.88 bits per heavy atom. The number of carbonyl (C=O) groups is 1. The second-order valence-electron chi connectivity index (χ2n) is 7.90. The summed E-state index contributed by atoms with van der Waals surface area (Å²) in [6.07, 6.45) is 4.38. The highest BCUT2D eigenvalue weighted by Crippen LogP contribution is 2.34. The number of rotatable bonds is 4. The third-order valence-corrected chi connectivity index (χ3v) is 5.63. The minimum atomic E-state index is -0.993. The van der Waals surface area contributed by atoms with Gasteiger partial charge in [-0.1, -0.05) is 0 Å². The summed E-state index contributed by atoms with van der Waals surface area (Å²) in [6.45, 7) is 3.16. The molecule has 3 heterocycles. The number of aryl methyl sites for hydroxylation is 1. The summed E-state index contributed by atoms with van der Waals surface area (Å²) < 4.78 is 46.6. The molecule has 1 amide bonds. The minimum Gasteiger partial charge on any atom is -0.349 e. The average Bonchev–Trinajstić information content (AvgIpc) is 3.48. The third-order valence-electron chi connectivity index (χ3n) is 5.63. The number of carbonyl (C=O) groups excluding carboxylic acids is 1. The smallest absolute Gasteiger partial charge is 0.251 e. The van der Waals surface area contributed by atoms with Crippen LogP contribution in [0.5, 0.6) is 0 Å². The van der Waals surface area contributed by atoms with Gasteiger partial charge in [0.05, 0.1) is 5.56 Å². The third kappa shape index (κ3) is 3.30. The van der Waals surface area contributed by atoms with E-state index < -0.39 is 28.9 Å². The summed E-state index contributed by atoms with van der Waals surface area (Å²) in [5.41, 5.74) is 0.501. The monoisotopic (exact) mass is 437 g/mol. The maximum absolute atomic E-state index is 15.5. The van der Waals surface area contributed by atoms with E-state index in [1.54, 1.807) is 25.3 Å². The number of hydrogen-bond donors (Lipinski definition) is 1. The van der Waals surface area contributed by atoms with Gasteiger partial charge in [0.1, 0.15) is 5.82 Å². The first-order valence-electron chi connectivity index (χ1n) is 10.1. The number of hydrogen-bond acceptors (Lipinski definition) is 4. The molecule has 5 rings (SSSR count). The Kier molecular flexibility index (Phi) is 4.69. The number of nitrogens with zero attached hydrogens (tertiary/aromatic N) is 4. The van der Waals surface area contributed by atoms with Crippen LogP contribution in [-0.2, 0) is 0 Å². The molecule has 6 nitrogen and oxygen atoms in total. The highest BCUT2D eigenvalue weighted by atomic mass is 19.1. The lowest BCUT2D eigenvalue weighted by Crippen LogP contribution is -2.25. The van der Waals surface area contributed by atoms with Gasteiger partial charge >= 0.3 is 0 Å². The van der Waals surface area contributed by atoms with Crippen molar-refractivity contribution in [2.45, 2.75) is 32.7 Å². The fourth-order valence-electron chi connectivity index (χ4n) is 3.67. The Hall–Kier alpha value is -3.75. The molecular weight excluding hydrogens is 419 g/mol. The second kappa shape index (κ2) is 7.44. The number of pyridine rings is 2. The molecule has 3 aromatic heterocycles. The lowest BCUT2D eigenvalue weighted by Gasteiger charge is -2.13. The molecule has 0 radical (unpaired) electrons. The van der Waals surface area contributed by atoms with E-state index in [0.29, 0.717) is 11.3 Å². The van der Waals surface area contributed by atoms with Gasteiger partial charge in [0.2, 0.25) is 0 Å². The zero-order valence-electron chi connectivity index (χ0n) is 17.3. The van der Waals surface area contributed by atoms with E-state index in [1.807, 2.05) is 0 Å². The van der Waals surface area contributed by atoms with Crippen LogP contribution in [0, 0.1) is 31.3 Å². The molecule has 32 heavy (non-hydrogen) atoms. The summed E-state index contributed by atoms with van der Waals surface area (Å²) >= 11 is 0. The molecule has 1 fully saturated rings. The number of amides is 1. The number of nitrogens with one attached hydrogen (secondary N) is 1. The summed E-state index contributed by atoms with van der Waals surface area (Å²) in [6, 6.07) is 5.85. The summed E-state index contributed by atoms with van der Waals surface area (Å²) in [4.78, 5) is 16.6. The van der Waals surface area contributed by atoms with Gasteiger partial charge in [-0.25, -0.2) is 13.2 Å². The molecule has 4 aromatic rings. The average molecular weight is 437 g/mol. The van der Waals surface area contributed by atoms with Gasteiger partial charge in [-0.15, -0.1) is 10.2 Å². The standard InChI is InChI=1S/C23H18F3N5O/c1-11-16(8-13(9-17(11)24)23(32)28-14-5-6-14)19-18(25)10-31-21(29-30-22(31)20(19)26)15-4-3-7-27-12(15)2/h3-4,7-10,14H,5-6H2,1-2H3,(H,28,32). The first kappa shape index (κ1) is 20.2. The van der Waals surface area contributed by atoms with Crippen molar-refractivity contribution < 1.29 is 18.0 Å². The predicted octanol–water partition coefficient (Wildman–Crippen LogP) is 4.38. The molecule has 0 spiro atoms. The summed E-state index contributed by atoms with van der Waals surface area (Å²) in [7, 11) is 0. The van der Waals surface area contributed by atoms with Crippen molar-refractivity contribution in [2.75, 3.05) is 0 Å². The van der Waals surface area contributed by atoms with Crippen molar-refractivity contribution in [1.82, 2.24) is 24.9 Å². The molecule has 0 atom stereocenters. The van der Waals surface area contributed by atoms with E-state index >= 15 is 8.78 Å². The van der Waals surface area contributed by atoms with Gasteiger partial charge in [-0.3, -0.25) is 14.2 Å². The molecule has 9 heteroatoms. The van der Waals surface area contributed by atoms with Crippen molar-refractivity contribution in [1.29, 1.82) is 0 Å². The quantitative estimate of drug-likeness (QED) is 0.514. The van der Waals surface area contributed by atoms with Crippen LogP contribution in [0.15, 0.2) is 36.7 Å². The van der Waals surface area contributed by atoms with E-state index in [-0.39, 0.29) is 34.2 Å². The van der Waals surface area contributed by atoms with E-state index in [9.17, 15) is 9.18 Å². The fraction of sp³-hybridized carbons (Fsp3) is 0.217. The van der Waals surface area contributed by atoms with Crippen LogP contribution < -0.4 is 5.32 Å². The van der Waals surface area contributed by atoms with Crippen LogP contribution in [-0.4, -0.2) is 31.5 Å². The Balaban J connectivity index is 1.68. The Morgan fingerprint density at radius 3 is 2.59 bits per heavy atom. The second-order valence-corrected chi connectivity index (χ2v) is 7.90. The van der Waals surface area contributed by atoms with Gasteiger partial charge in [-0.05, 0) is 62.1 Å². The van der Waals surface area contributed by atoms with Gasteiger partial charge in [0.25, 0.3) is 5.91 Å². The van der Waals surface area contributed by atoms with E-state index in [1.165, 1.54) is 17.4 Å². The predicted molar refractivity (Wildman–Crippen MR) is 111 cm³/mol. The number of halogens is 3. The van der Waals surface area contributed by atoms with Crippen LogP contribution >= 0.6 is 0 Å². The van der Waals surface area contributed by atoms with Gasteiger partial charge in [0.15, 0.2) is 23.1 Å². The van der Waals surface area contributed by atoms with Crippen LogP contribution in [0.25, 0.3) is 28.2 Å². The molecular formula is C23H18F3N5O. The maximum Gasteiger partial charge on any atom is 0.251 e. The molecule has 0 bridgehead atoms. The van der Waals surface area contributed by atoms with Crippen LogP contribution in [0.4, 0.5) is 13.2 Å². The maximum atomic E-state index is 15.5. The van der Waals surface area contributed by atoms with Gasteiger partial charge in [0, 0.05) is 35.3 Å². The Labute approximate surface area is 181 Å². The molecule has 1 aliphatic rings. The minimum absolute atomic E-state index is 0.00168. The van der Waals surface area contributed by atoms with Crippen molar-refractivity contribution in [2.24, 2.45) is 0 Å². The molecule has 0 aliphatic heterocycles. The topological polar surface area (TPSA) is 72.2 Å². The molecule has 1 saturated carbocycles. The Bertz CT molecular complexity index is 1390. The van der Waals surface area contributed by atoms with Gasteiger partial charge < -0.3 is 5.32 Å². The van der Waals surface area contributed by atoms with Crippen molar-refractivity contribution in [3.8, 4) is 22.5 Å². The van der Waals surface area contributed by atoms with Crippen molar-refractivity contribution in [3.05, 3.63) is 70.9 Å². The van der Waals surface area contributed by atoms with Crippen molar-refractivity contribution >= 4 is 11.6 Å². The molecule has 1 aromatic carbocycles. The van der Waals surface area contributed by atoms with E-state index in [4.69, 9.17) is 0 Å². The largest absolute Gasteiger partial charge is 0.349 e. The first-order valence-corrected chi connectivity index (χ1v) is 10.1. The highest BCUT2D eigenvalue weighted by molar-refractivity contribution is 5.96. The van der Waals surface area contributed by atoms with Crippen LogP contribution in [0.1, 0.15) is 34.5 Å². The Morgan fingerprint density at radius 1 is 1.09 bits per heavy atom. The molecule has 1 N–H and O–H groups in total. The number of fused-ring (bicyclic) bond motifs is 1. The highest BCUT2D eigenvalue weighted by Gasteiger charge is 2.27. The fourth-order valence-corrected chi connectivity index (χ4v) is 3.67. The van der Waals surface area contributed by atoms with Crippen LogP contribution in [0.3, 0.4) is 0 Å². The zero-order chi connectivity index (χ0) is 22.6. The lowest BCUT2D eigenvalue weighted by atomic mass is 9.97. The molecule has 162 valence electrons. The molecule has 0 saturated heterocycles. The van der Waals surface area contributed by atoms with Crippen LogP contribution in [0.2, 0.25) is 0 Å². The lowest BCUT2D eigenvalue weighted by molar-refractivity contribution is 0.0950. The summed E-state index contributed by atoms with van der Waals surface area (Å²) in [5.74, 6) is -2.90. The first-order chi connectivity index (χ1) is 15.3. The number of benzene rings is 1. The summed E-state index contributed by atoms with van der Waals surface area (Å²) in [5, 5.41) is 10.7. The molecule has 1 aliphatic carbocycles. The van der Waals surface area contributed by atoms with Gasteiger partial charge in [-0.2, -0.15) is 0 Å². The SMILES string of the molecule is Cc1ncccc1-c1nnc2c(F)c(-c3cc(C(=O)NC4CC4)cc(F)c3C)c(F)cn12. The zero-order valence-corrected chi connectivity index (χ0v) is 17.3. The molecule has 0 unspecified atom stereocenters. The van der Waals surface area contributed by atoms with Crippen molar-refractivity contribution in [3.63, 3.8) is 0 Å². The van der Waals surface area contributed by atoms with E-state index in [0.717, 1.165) is 25.1 Å². The number of aromatic nitrogens is 4.